The molecule has 0 bridgehead atoms. The number of aromatic nitrogens is 4. The molecule has 3 aromatic heterocycles. The average molecular weight is 278 g/mol. The molecular weight excluding hydrogens is 266 g/mol. The van der Waals surface area contributed by atoms with Gasteiger partial charge >= 0.3 is 0 Å². The Bertz CT molecular complexity index is 720. The molecule has 0 fully saturated rings. The van der Waals surface area contributed by atoms with E-state index in [-0.39, 0.29) is 5.28 Å². The number of aryl methyl sites for hydroxylation is 1. The van der Waals surface area contributed by atoms with Crippen molar-refractivity contribution in [3.8, 4) is 0 Å². The predicted octanol–water partition coefficient (Wildman–Crippen LogP) is 2.54. The zero-order valence-corrected chi connectivity index (χ0v) is 11.3. The smallest absolute Gasteiger partial charge is 0.226 e. The first-order valence-corrected chi connectivity index (χ1v) is 6.13. The number of rotatable bonds is 3. The Morgan fingerprint density at radius 3 is 3.00 bits per heavy atom. The van der Waals surface area contributed by atoms with Crippen molar-refractivity contribution in [2.24, 2.45) is 0 Å². The molecule has 7 heteroatoms. The van der Waals surface area contributed by atoms with E-state index >= 15 is 0 Å². The highest BCUT2D eigenvalue weighted by Gasteiger charge is 2.14. The Morgan fingerprint density at radius 1 is 1.42 bits per heavy atom. The lowest BCUT2D eigenvalue weighted by atomic mass is 10.2. The van der Waals surface area contributed by atoms with Crippen LogP contribution in [0.25, 0.3) is 11.0 Å². The second-order valence-corrected chi connectivity index (χ2v) is 4.64. The second kappa shape index (κ2) is 4.55. The Balaban J connectivity index is 1.99. The molecule has 0 atom stereocenters. The summed E-state index contributed by atoms with van der Waals surface area (Å²) >= 11 is 5.92. The van der Waals surface area contributed by atoms with Crippen molar-refractivity contribution in [3.63, 3.8) is 0 Å². The maximum absolute atomic E-state index is 5.92. The minimum Gasteiger partial charge on any atom is -0.469 e. The van der Waals surface area contributed by atoms with Crippen LogP contribution in [-0.2, 0) is 6.54 Å². The zero-order chi connectivity index (χ0) is 13.4. The van der Waals surface area contributed by atoms with E-state index in [4.69, 9.17) is 16.0 Å². The van der Waals surface area contributed by atoms with Crippen molar-refractivity contribution in [1.82, 2.24) is 20.2 Å². The highest BCUT2D eigenvalue weighted by Crippen LogP contribution is 2.24. The van der Waals surface area contributed by atoms with Crippen LogP contribution in [0.4, 0.5) is 5.82 Å². The van der Waals surface area contributed by atoms with Gasteiger partial charge in [0.15, 0.2) is 5.65 Å². The van der Waals surface area contributed by atoms with Gasteiger partial charge in [-0.25, -0.2) is 0 Å². The first kappa shape index (κ1) is 12.0. The largest absolute Gasteiger partial charge is 0.469 e. The summed E-state index contributed by atoms with van der Waals surface area (Å²) in [4.78, 5) is 10.3. The molecule has 0 amide bonds. The number of fused-ring (bicyclic) bond motifs is 1. The van der Waals surface area contributed by atoms with E-state index in [1.807, 2.05) is 24.9 Å². The number of aromatic amines is 1. The molecule has 0 spiro atoms. The van der Waals surface area contributed by atoms with E-state index in [0.29, 0.717) is 12.2 Å². The SMILES string of the molecule is Cc1occc1CN(C)c1nc(Cl)nc2[nH]ncc12. The number of halogens is 1. The predicted molar refractivity (Wildman–Crippen MR) is 72.2 cm³/mol. The van der Waals surface area contributed by atoms with Crippen molar-refractivity contribution in [3.05, 3.63) is 35.1 Å². The summed E-state index contributed by atoms with van der Waals surface area (Å²) in [6.45, 7) is 2.61. The van der Waals surface area contributed by atoms with Gasteiger partial charge in [0.2, 0.25) is 5.28 Å². The maximum atomic E-state index is 5.92. The lowest BCUT2D eigenvalue weighted by Crippen LogP contribution is -2.18. The minimum absolute atomic E-state index is 0.197. The Kier molecular flexibility index (Phi) is 2.87. The number of nitrogens with one attached hydrogen (secondary N) is 1. The zero-order valence-electron chi connectivity index (χ0n) is 10.5. The highest BCUT2D eigenvalue weighted by molar-refractivity contribution is 6.28. The van der Waals surface area contributed by atoms with Crippen LogP contribution in [0.15, 0.2) is 22.9 Å². The number of hydrogen-bond donors (Lipinski definition) is 1. The first-order chi connectivity index (χ1) is 9.15. The second-order valence-electron chi connectivity index (χ2n) is 4.31. The van der Waals surface area contributed by atoms with Crippen LogP contribution in [0.1, 0.15) is 11.3 Å². The van der Waals surface area contributed by atoms with E-state index in [9.17, 15) is 0 Å². The molecule has 0 aliphatic carbocycles. The van der Waals surface area contributed by atoms with Crippen LogP contribution in [0.2, 0.25) is 5.28 Å². The lowest BCUT2D eigenvalue weighted by Gasteiger charge is -2.18. The van der Waals surface area contributed by atoms with Crippen LogP contribution in [-0.4, -0.2) is 27.2 Å². The average Bonchev–Trinajstić information content (AvgIpc) is 2.98. The number of furan rings is 1. The lowest BCUT2D eigenvalue weighted by molar-refractivity contribution is 0.529. The van der Waals surface area contributed by atoms with E-state index < -0.39 is 0 Å². The summed E-state index contributed by atoms with van der Waals surface area (Å²) in [7, 11) is 1.94. The molecule has 3 aromatic rings. The molecule has 3 heterocycles. The Morgan fingerprint density at radius 2 is 2.26 bits per heavy atom. The quantitative estimate of drug-likeness (QED) is 0.745. The van der Waals surface area contributed by atoms with Crippen LogP contribution in [0.5, 0.6) is 0 Å². The third kappa shape index (κ3) is 2.15. The molecule has 0 aliphatic rings. The number of nitrogens with zero attached hydrogens (tertiary/aromatic N) is 4. The maximum Gasteiger partial charge on any atom is 0.226 e. The molecule has 3 rings (SSSR count). The van der Waals surface area contributed by atoms with Gasteiger partial charge in [0, 0.05) is 19.2 Å². The first-order valence-electron chi connectivity index (χ1n) is 5.76. The molecule has 0 unspecified atom stereocenters. The molecule has 0 saturated heterocycles. The minimum atomic E-state index is 0.197. The summed E-state index contributed by atoms with van der Waals surface area (Å²) in [6.07, 6.45) is 3.37. The molecule has 0 saturated carbocycles. The van der Waals surface area contributed by atoms with Crippen LogP contribution < -0.4 is 4.90 Å². The van der Waals surface area contributed by atoms with Gasteiger partial charge in [-0.05, 0) is 24.6 Å². The Labute approximate surface area is 114 Å². The van der Waals surface area contributed by atoms with Crippen molar-refractivity contribution >= 4 is 28.5 Å². The normalized spacial score (nSPS) is 11.1. The van der Waals surface area contributed by atoms with Crippen molar-refractivity contribution in [2.45, 2.75) is 13.5 Å². The van der Waals surface area contributed by atoms with Crippen molar-refractivity contribution in [1.29, 1.82) is 0 Å². The van der Waals surface area contributed by atoms with Gasteiger partial charge < -0.3 is 9.32 Å². The molecule has 0 radical (unpaired) electrons. The molecule has 19 heavy (non-hydrogen) atoms. The van der Waals surface area contributed by atoms with Crippen LogP contribution >= 0.6 is 11.6 Å². The number of anilines is 1. The fraction of sp³-hybridized carbons (Fsp3) is 0.250. The summed E-state index contributed by atoms with van der Waals surface area (Å²) in [5, 5.41) is 7.80. The summed E-state index contributed by atoms with van der Waals surface area (Å²) < 4.78 is 5.29. The van der Waals surface area contributed by atoms with Gasteiger partial charge in [0.05, 0.1) is 17.8 Å². The van der Waals surface area contributed by atoms with Crippen LogP contribution in [0, 0.1) is 6.92 Å². The van der Waals surface area contributed by atoms with Gasteiger partial charge in [0.25, 0.3) is 0 Å². The fourth-order valence-corrected chi connectivity index (χ4v) is 2.15. The van der Waals surface area contributed by atoms with E-state index in [1.165, 1.54) is 0 Å². The van der Waals surface area contributed by atoms with E-state index in [1.54, 1.807) is 12.5 Å². The monoisotopic (exact) mass is 277 g/mol. The molecule has 1 N–H and O–H groups in total. The summed E-state index contributed by atoms with van der Waals surface area (Å²) in [5.74, 6) is 1.64. The van der Waals surface area contributed by atoms with Crippen molar-refractivity contribution in [2.75, 3.05) is 11.9 Å². The molecule has 98 valence electrons. The molecule has 6 nitrogen and oxygen atoms in total. The van der Waals surface area contributed by atoms with Gasteiger partial charge in [-0.3, -0.25) is 5.10 Å². The Hall–Kier alpha value is -2.08. The third-order valence-electron chi connectivity index (χ3n) is 3.00. The van der Waals surface area contributed by atoms with E-state index in [2.05, 4.69) is 20.2 Å². The summed E-state index contributed by atoms with van der Waals surface area (Å²) in [6, 6.07) is 1.95. The van der Waals surface area contributed by atoms with E-state index in [0.717, 1.165) is 22.5 Å². The molecular formula is C12H12ClN5O. The highest BCUT2D eigenvalue weighted by atomic mass is 35.5. The molecule has 0 aromatic carbocycles. The fourth-order valence-electron chi connectivity index (χ4n) is 1.99. The standard InChI is InChI=1S/C12H12ClN5O/c1-7-8(3-4-19-7)6-18(2)11-9-5-14-17-10(9)15-12(13)16-11/h3-5H,6H2,1-2H3,(H,14,15,16,17). The van der Waals surface area contributed by atoms with Gasteiger partial charge in [-0.15, -0.1) is 0 Å². The number of H-pyrrole nitrogens is 1. The van der Waals surface area contributed by atoms with Gasteiger partial charge in [-0.1, -0.05) is 0 Å². The van der Waals surface area contributed by atoms with Gasteiger partial charge in [-0.2, -0.15) is 15.1 Å². The van der Waals surface area contributed by atoms with Crippen LogP contribution in [0.3, 0.4) is 0 Å². The van der Waals surface area contributed by atoms with Crippen molar-refractivity contribution < 1.29 is 4.42 Å². The number of hydrogen-bond acceptors (Lipinski definition) is 5. The van der Waals surface area contributed by atoms with Gasteiger partial charge in [0.1, 0.15) is 11.6 Å². The third-order valence-corrected chi connectivity index (χ3v) is 3.17. The molecule has 0 aliphatic heterocycles. The topological polar surface area (TPSA) is 70.8 Å². The summed E-state index contributed by atoms with van der Waals surface area (Å²) in [5.41, 5.74) is 1.74.